The minimum atomic E-state index is -0.267. The molecule has 12 aromatic rings. The Balaban J connectivity index is 0.892. The first-order valence-corrected chi connectivity index (χ1v) is 22.7. The molecule has 13 rings (SSSR count). The van der Waals surface area contributed by atoms with Crippen LogP contribution in [0.4, 0.5) is 0 Å². The van der Waals surface area contributed by atoms with Crippen LogP contribution < -0.4 is 5.32 Å². The molecule has 0 saturated heterocycles. The maximum Gasteiger partial charge on any atom is 0.164 e. The van der Waals surface area contributed by atoms with Gasteiger partial charge in [-0.1, -0.05) is 164 Å². The van der Waals surface area contributed by atoms with E-state index < -0.39 is 0 Å². The highest BCUT2D eigenvalue weighted by atomic mass is 16.3. The molecule has 8 heteroatoms. The Morgan fingerprint density at radius 3 is 1.69 bits per heavy atom. The lowest BCUT2D eigenvalue weighted by Crippen LogP contribution is -2.33. The van der Waals surface area contributed by atoms with Crippen LogP contribution in [0.5, 0.6) is 0 Å². The fraction of sp³-hybridized carbons (Fsp3) is 0.0167. The predicted molar refractivity (Wildman–Crippen MR) is 275 cm³/mol. The number of rotatable bonds is 8. The Morgan fingerprint density at radius 1 is 0.412 bits per heavy atom. The lowest BCUT2D eigenvalue weighted by atomic mass is 9.99. The quantitative estimate of drug-likeness (QED) is 0.164. The van der Waals surface area contributed by atoms with Gasteiger partial charge in [-0.3, -0.25) is 0 Å². The lowest BCUT2D eigenvalue weighted by Gasteiger charge is -2.23. The highest BCUT2D eigenvalue weighted by Crippen LogP contribution is 2.40. The number of furan rings is 1. The average molecular weight is 874 g/mol. The first-order valence-electron chi connectivity index (χ1n) is 22.7. The van der Waals surface area contributed by atoms with Crippen LogP contribution in [0.25, 0.3) is 94.7 Å². The second-order valence-electron chi connectivity index (χ2n) is 16.9. The number of aromatic nitrogens is 4. The number of hydrogen-bond acceptors (Lipinski definition) is 7. The molecule has 1 atom stereocenters. The zero-order valence-electron chi connectivity index (χ0n) is 36.5. The monoisotopic (exact) mass is 873 g/mol. The van der Waals surface area contributed by atoms with E-state index in [1.165, 1.54) is 5.39 Å². The fourth-order valence-corrected chi connectivity index (χ4v) is 9.44. The Hall–Kier alpha value is -9.27. The Bertz CT molecular complexity index is 3860. The maximum absolute atomic E-state index is 6.52. The van der Waals surface area contributed by atoms with Crippen LogP contribution in [0.2, 0.25) is 0 Å². The molecule has 68 heavy (non-hydrogen) atoms. The molecule has 0 bridgehead atoms. The van der Waals surface area contributed by atoms with Crippen molar-refractivity contribution in [2.24, 2.45) is 9.98 Å². The standard InChI is InChI=1S/C60H39N7O/c1-5-16-38(17-6-1)55-61-56(39-18-7-2-8-19-39)63-59(62-55)42-28-32-45(33-29-42)67-50-26-14-13-24-46(50)48-36-43(30-34-51(48)67)44-31-35-52-49(37-44)54-47(25-15-27-53(54)68-52)60-65-57(40-20-9-3-10-21-40)64-58(66-60)41-22-11-4-12-23-41/h1-37,55H,(H,61,62,63). The van der Waals surface area contributed by atoms with Crippen molar-refractivity contribution in [3.63, 3.8) is 0 Å². The second kappa shape index (κ2) is 16.3. The summed E-state index contributed by atoms with van der Waals surface area (Å²) in [6.07, 6.45) is -0.267. The van der Waals surface area contributed by atoms with E-state index in [4.69, 9.17) is 29.4 Å². The minimum absolute atomic E-state index is 0.267. The Morgan fingerprint density at radius 2 is 0.985 bits per heavy atom. The zero-order chi connectivity index (χ0) is 45.0. The van der Waals surface area contributed by atoms with E-state index in [-0.39, 0.29) is 6.17 Å². The molecule has 0 aliphatic carbocycles. The first-order chi connectivity index (χ1) is 33.7. The van der Waals surface area contributed by atoms with Gasteiger partial charge in [-0.25, -0.2) is 24.9 Å². The molecule has 0 amide bonds. The van der Waals surface area contributed by atoms with Crippen LogP contribution in [-0.2, 0) is 0 Å². The third kappa shape index (κ3) is 6.91. The predicted octanol–water partition coefficient (Wildman–Crippen LogP) is 14.0. The molecule has 3 aromatic heterocycles. The number of aliphatic imine (C=N–C) groups is 2. The van der Waals surface area contributed by atoms with Gasteiger partial charge < -0.3 is 14.3 Å². The number of nitrogens with zero attached hydrogens (tertiary/aromatic N) is 6. The Labute approximate surface area is 391 Å². The topological polar surface area (TPSA) is 93.5 Å². The smallest absolute Gasteiger partial charge is 0.164 e. The van der Waals surface area contributed by atoms with Crippen molar-refractivity contribution in [1.29, 1.82) is 0 Å². The van der Waals surface area contributed by atoms with Crippen LogP contribution >= 0.6 is 0 Å². The molecule has 1 unspecified atom stereocenters. The third-order valence-electron chi connectivity index (χ3n) is 12.7. The summed E-state index contributed by atoms with van der Waals surface area (Å²) in [4.78, 5) is 25.3. The minimum Gasteiger partial charge on any atom is -0.456 e. The molecule has 4 heterocycles. The van der Waals surface area contributed by atoms with Crippen molar-refractivity contribution in [2.45, 2.75) is 6.17 Å². The highest BCUT2D eigenvalue weighted by molar-refractivity contribution is 6.15. The van der Waals surface area contributed by atoms with Gasteiger partial charge in [0.1, 0.15) is 23.2 Å². The normalized spacial score (nSPS) is 13.7. The van der Waals surface area contributed by atoms with Crippen molar-refractivity contribution in [1.82, 2.24) is 24.8 Å². The number of fused-ring (bicyclic) bond motifs is 6. The van der Waals surface area contributed by atoms with E-state index in [2.05, 4.69) is 125 Å². The number of hydrogen-bond donors (Lipinski definition) is 1. The molecular weight excluding hydrogens is 835 g/mol. The molecule has 1 aliphatic rings. The first kappa shape index (κ1) is 39.1. The largest absolute Gasteiger partial charge is 0.456 e. The van der Waals surface area contributed by atoms with Gasteiger partial charge in [-0.15, -0.1) is 0 Å². The van der Waals surface area contributed by atoms with E-state index >= 15 is 0 Å². The molecule has 8 nitrogen and oxygen atoms in total. The lowest BCUT2D eigenvalue weighted by molar-refractivity contribution is 0.669. The van der Waals surface area contributed by atoms with Gasteiger partial charge in [0, 0.05) is 55.0 Å². The molecule has 0 fully saturated rings. The summed E-state index contributed by atoms with van der Waals surface area (Å²) in [5.74, 6) is 3.30. The molecule has 9 aromatic carbocycles. The van der Waals surface area contributed by atoms with Crippen LogP contribution in [0.15, 0.2) is 239 Å². The molecule has 1 N–H and O–H groups in total. The number of amidine groups is 2. The van der Waals surface area contributed by atoms with Gasteiger partial charge in [0.25, 0.3) is 0 Å². The maximum atomic E-state index is 6.52. The molecule has 0 radical (unpaired) electrons. The van der Waals surface area contributed by atoms with Gasteiger partial charge >= 0.3 is 0 Å². The number of para-hydroxylation sites is 1. The van der Waals surface area contributed by atoms with E-state index in [1.54, 1.807) is 0 Å². The van der Waals surface area contributed by atoms with Gasteiger partial charge in [0.2, 0.25) is 0 Å². The van der Waals surface area contributed by atoms with Crippen LogP contribution in [0, 0.1) is 0 Å². The SMILES string of the molecule is c1ccc(C2=NC(c3ccc(-n4c5ccccc5c5cc(-c6ccc7oc8cccc(-c9nc(-c%10ccccc%10)nc(-c%10ccccc%10)n9)c8c7c6)ccc54)cc3)=NC(c3ccccc3)N2)cc1. The van der Waals surface area contributed by atoms with Gasteiger partial charge in [-0.2, -0.15) is 0 Å². The Kier molecular flexibility index (Phi) is 9.38. The van der Waals surface area contributed by atoms with Crippen molar-refractivity contribution in [2.75, 3.05) is 0 Å². The van der Waals surface area contributed by atoms with Crippen molar-refractivity contribution >= 4 is 55.4 Å². The van der Waals surface area contributed by atoms with Gasteiger partial charge in [0.15, 0.2) is 23.3 Å². The summed E-state index contributed by atoms with van der Waals surface area (Å²) in [6.45, 7) is 0. The van der Waals surface area contributed by atoms with E-state index in [0.717, 1.165) is 94.4 Å². The molecule has 0 saturated carbocycles. The highest BCUT2D eigenvalue weighted by Gasteiger charge is 2.22. The van der Waals surface area contributed by atoms with Crippen molar-refractivity contribution in [3.05, 3.63) is 241 Å². The summed E-state index contributed by atoms with van der Waals surface area (Å²) in [5.41, 5.74) is 12.8. The third-order valence-corrected chi connectivity index (χ3v) is 12.7. The van der Waals surface area contributed by atoms with Gasteiger partial charge in [0.05, 0.1) is 11.0 Å². The van der Waals surface area contributed by atoms with Gasteiger partial charge in [-0.05, 0) is 77.4 Å². The van der Waals surface area contributed by atoms with Crippen LogP contribution in [0.1, 0.15) is 22.9 Å². The summed E-state index contributed by atoms with van der Waals surface area (Å²) in [6, 6.07) is 77.2. The molecule has 0 spiro atoms. The van der Waals surface area contributed by atoms with E-state index in [9.17, 15) is 0 Å². The summed E-state index contributed by atoms with van der Waals surface area (Å²) in [5, 5.41) is 7.85. The average Bonchev–Trinajstić information content (AvgIpc) is 3.97. The zero-order valence-corrected chi connectivity index (χ0v) is 36.5. The molecular formula is C60H39N7O. The van der Waals surface area contributed by atoms with Crippen LogP contribution in [0.3, 0.4) is 0 Å². The summed E-state index contributed by atoms with van der Waals surface area (Å²) < 4.78 is 8.86. The van der Waals surface area contributed by atoms with Crippen molar-refractivity contribution in [3.8, 4) is 51.0 Å². The molecule has 320 valence electrons. The van der Waals surface area contributed by atoms with Crippen molar-refractivity contribution < 1.29 is 4.42 Å². The summed E-state index contributed by atoms with van der Waals surface area (Å²) >= 11 is 0. The van der Waals surface area contributed by atoms with E-state index in [0.29, 0.717) is 23.3 Å². The molecule has 1 aliphatic heterocycles. The number of nitrogens with one attached hydrogen (secondary N) is 1. The number of benzene rings is 9. The van der Waals surface area contributed by atoms with E-state index in [1.807, 2.05) is 109 Å². The second-order valence-corrected chi connectivity index (χ2v) is 16.9. The van der Waals surface area contributed by atoms with Crippen LogP contribution in [-0.4, -0.2) is 31.2 Å². The summed E-state index contributed by atoms with van der Waals surface area (Å²) in [7, 11) is 0. The fourth-order valence-electron chi connectivity index (χ4n) is 9.44.